The molecular weight excluding hydrogens is 1220 g/mol. The van der Waals surface area contributed by atoms with Crippen molar-refractivity contribution in [3.05, 3.63) is 396 Å². The number of benzene rings is 14. The minimum atomic E-state index is -0.856. The maximum Gasteiger partial charge on any atom is 0.238 e. The molecule has 2 aliphatic carbocycles. The van der Waals surface area contributed by atoms with Gasteiger partial charge in [-0.1, -0.05) is 328 Å². The van der Waals surface area contributed by atoms with Gasteiger partial charge in [0.1, 0.15) is 0 Å². The van der Waals surface area contributed by atoms with Gasteiger partial charge in [0.15, 0.2) is 23.3 Å². The van der Waals surface area contributed by atoms with Crippen molar-refractivity contribution in [2.75, 3.05) is 0 Å². The van der Waals surface area contributed by atoms with E-state index in [4.69, 9.17) is 29.9 Å². The van der Waals surface area contributed by atoms with Crippen LogP contribution in [-0.2, 0) is 10.8 Å². The Morgan fingerprint density at radius 2 is 0.590 bits per heavy atom. The largest absolute Gasteiger partial charge is 0.277 e. The van der Waals surface area contributed by atoms with Gasteiger partial charge in [0.25, 0.3) is 0 Å². The maximum atomic E-state index is 5.57. The summed E-state index contributed by atoms with van der Waals surface area (Å²) in [6, 6.07) is 127. The van der Waals surface area contributed by atoms with Gasteiger partial charge in [-0.3, -0.25) is 9.13 Å². The fourth-order valence-electron chi connectivity index (χ4n) is 16.7. The van der Waals surface area contributed by atoms with Gasteiger partial charge >= 0.3 is 0 Å². The molecule has 0 saturated carbocycles. The number of para-hydroxylation sites is 2. The van der Waals surface area contributed by atoms with E-state index in [9.17, 15) is 0 Å². The molecule has 2 aliphatic rings. The Morgan fingerprint density at radius 1 is 0.220 bits per heavy atom. The second-order valence-electron chi connectivity index (χ2n) is 26.0. The van der Waals surface area contributed by atoms with Crippen molar-refractivity contribution in [2.45, 2.75) is 10.8 Å². The topological polar surface area (TPSA) is 87.2 Å². The minimum absolute atomic E-state index is 0.530. The number of rotatable bonds is 11. The van der Waals surface area contributed by atoms with Gasteiger partial charge in [-0.25, -0.2) is 9.97 Å². The van der Waals surface area contributed by atoms with E-state index in [1.165, 1.54) is 11.1 Å². The normalized spacial score (nSPS) is 14.1. The lowest BCUT2D eigenvalue weighted by molar-refractivity contribution is 0.768. The number of hydrogen-bond acceptors (Lipinski definition) is 6. The second kappa shape index (κ2) is 22.7. The van der Waals surface area contributed by atoms with Crippen LogP contribution in [0.2, 0.25) is 0 Å². The molecule has 1 unspecified atom stereocenters. The van der Waals surface area contributed by atoms with E-state index < -0.39 is 10.8 Å². The molecule has 0 amide bonds. The van der Waals surface area contributed by atoms with Crippen LogP contribution in [0.15, 0.2) is 352 Å². The van der Waals surface area contributed by atoms with Crippen LogP contribution >= 0.6 is 0 Å². The summed E-state index contributed by atoms with van der Waals surface area (Å²) in [5.74, 6) is 3.44. The molecule has 8 nitrogen and oxygen atoms in total. The van der Waals surface area contributed by atoms with Crippen molar-refractivity contribution in [2.24, 2.45) is 0 Å². The Labute approximate surface area is 577 Å². The summed E-state index contributed by atoms with van der Waals surface area (Å²) in [4.78, 5) is 32.5. The fourth-order valence-corrected chi connectivity index (χ4v) is 16.7. The minimum Gasteiger partial charge on any atom is -0.277 e. The molecular formula is C92H58N8. The number of hydrogen-bond donors (Lipinski definition) is 0. The number of aromatic nitrogens is 8. The maximum absolute atomic E-state index is 5.57. The molecule has 0 fully saturated rings. The highest BCUT2D eigenvalue weighted by atomic mass is 15.2. The molecule has 8 heteroatoms. The Hall–Kier alpha value is -13.3. The molecule has 18 aromatic rings. The second-order valence-corrected chi connectivity index (χ2v) is 26.0. The highest BCUT2D eigenvalue weighted by Gasteiger charge is 2.51. The predicted molar refractivity (Wildman–Crippen MR) is 404 cm³/mol. The van der Waals surface area contributed by atoms with E-state index in [0.29, 0.717) is 35.2 Å². The van der Waals surface area contributed by atoms with Crippen LogP contribution in [0.4, 0.5) is 0 Å². The van der Waals surface area contributed by atoms with Crippen molar-refractivity contribution < 1.29 is 0 Å². The highest BCUT2D eigenvalue weighted by molar-refractivity contribution is 6.18. The van der Waals surface area contributed by atoms with Crippen LogP contribution in [0.5, 0.6) is 0 Å². The Kier molecular flexibility index (Phi) is 12.9. The Balaban J connectivity index is 0.899. The smallest absolute Gasteiger partial charge is 0.238 e. The van der Waals surface area contributed by atoms with Gasteiger partial charge in [-0.2, -0.15) is 19.9 Å². The van der Waals surface area contributed by atoms with Crippen molar-refractivity contribution in [3.63, 3.8) is 0 Å². The van der Waals surface area contributed by atoms with Gasteiger partial charge in [0.05, 0.1) is 32.9 Å². The van der Waals surface area contributed by atoms with Crippen LogP contribution in [0.3, 0.4) is 0 Å². The Morgan fingerprint density at radius 3 is 1.08 bits per heavy atom. The van der Waals surface area contributed by atoms with E-state index in [1.807, 2.05) is 72.8 Å². The summed E-state index contributed by atoms with van der Waals surface area (Å²) < 4.78 is 4.65. The molecule has 0 aliphatic heterocycles. The quantitative estimate of drug-likeness (QED) is 0.128. The first-order chi connectivity index (χ1) is 49.6. The molecule has 0 bridgehead atoms. The van der Waals surface area contributed by atoms with E-state index in [-0.39, 0.29) is 0 Å². The summed E-state index contributed by atoms with van der Waals surface area (Å²) >= 11 is 0. The summed E-state index contributed by atoms with van der Waals surface area (Å²) in [5.41, 5.74) is 22.0. The van der Waals surface area contributed by atoms with Crippen LogP contribution in [0.1, 0.15) is 44.5 Å². The zero-order valence-electron chi connectivity index (χ0n) is 54.1. The van der Waals surface area contributed by atoms with Gasteiger partial charge in [0, 0.05) is 54.9 Å². The summed E-state index contributed by atoms with van der Waals surface area (Å²) in [7, 11) is 0. The highest BCUT2D eigenvalue weighted by Crippen LogP contribution is 2.63. The predicted octanol–water partition coefficient (Wildman–Crippen LogP) is 21.3. The van der Waals surface area contributed by atoms with E-state index in [2.05, 4.69) is 288 Å². The lowest BCUT2D eigenvalue weighted by Crippen LogP contribution is -2.29. The standard InChI is InChI=1S/C92H58N8/c1-8-31-59(32-9-1)85-93-86(60-33-10-2-11-34-60)96-89(95-85)99-78-53-28-24-47-68(78)70-55-56-77-81(83(70)99)72-50-23-26-51-75(72)91(77,64-40-16-5-17-41-64)67-46-30-39-63(57-67)73-58-74-69-48-25-29-54-79(69)100(90-97-87(61-35-12-3-13-36-61)94-88(98-90)62-37-14-4-15-38-62)84(74)82-80(73)71-49-22-27-52-76(71)92(82,65-42-18-6-19-43-65)66-44-20-7-21-45-66/h1-58H. The van der Waals surface area contributed by atoms with Crippen LogP contribution in [0, 0.1) is 0 Å². The van der Waals surface area contributed by atoms with E-state index >= 15 is 0 Å². The summed E-state index contributed by atoms with van der Waals surface area (Å²) in [6.07, 6.45) is 0. The molecule has 0 radical (unpaired) electrons. The van der Waals surface area contributed by atoms with Gasteiger partial charge in [-0.15, -0.1) is 0 Å². The van der Waals surface area contributed by atoms with Gasteiger partial charge in [-0.05, 0) is 91.0 Å². The molecule has 20 rings (SSSR count). The monoisotopic (exact) mass is 1270 g/mol. The third-order valence-electron chi connectivity index (χ3n) is 20.8. The lowest BCUT2D eigenvalue weighted by Gasteiger charge is -2.35. The third-order valence-corrected chi connectivity index (χ3v) is 20.8. The van der Waals surface area contributed by atoms with E-state index in [1.54, 1.807) is 0 Å². The van der Waals surface area contributed by atoms with Crippen LogP contribution < -0.4 is 0 Å². The van der Waals surface area contributed by atoms with E-state index in [0.717, 1.165) is 133 Å². The fraction of sp³-hybridized carbons (Fsp3) is 0.0217. The molecule has 1 atom stereocenters. The molecule has 4 aromatic heterocycles. The molecule has 0 saturated heterocycles. The average Bonchev–Trinajstić information content (AvgIpc) is 1.51. The van der Waals surface area contributed by atoms with Crippen molar-refractivity contribution >= 4 is 43.6 Å². The summed E-state index contributed by atoms with van der Waals surface area (Å²) in [5, 5.41) is 4.37. The zero-order valence-corrected chi connectivity index (χ0v) is 54.1. The average molecular weight is 1280 g/mol. The molecule has 0 N–H and O–H groups in total. The lowest BCUT2D eigenvalue weighted by atomic mass is 9.66. The number of fused-ring (bicyclic) bond motifs is 14. The first-order valence-electron chi connectivity index (χ1n) is 34.0. The molecule has 14 aromatic carbocycles. The molecule has 100 heavy (non-hydrogen) atoms. The Bertz CT molecular complexity index is 6100. The van der Waals surface area contributed by atoms with Crippen LogP contribution in [0.25, 0.3) is 134 Å². The first kappa shape index (κ1) is 57.0. The third kappa shape index (κ3) is 8.41. The molecule has 466 valence electrons. The first-order valence-corrected chi connectivity index (χ1v) is 34.0. The van der Waals surface area contributed by atoms with Crippen molar-refractivity contribution in [3.8, 4) is 90.8 Å². The van der Waals surface area contributed by atoms with Gasteiger partial charge < -0.3 is 0 Å². The zero-order chi connectivity index (χ0) is 65.9. The molecule has 0 spiro atoms. The van der Waals surface area contributed by atoms with Gasteiger partial charge in [0.2, 0.25) is 11.9 Å². The SMILES string of the molecule is c1ccc(-c2nc(-c3ccccc3)nc(-n3c4ccccc4c4ccc5c(c43)-c3ccccc3C5(c3ccccc3)c3cccc(-c4cc5c6ccccc6n(-c6nc(-c7ccccc7)nc(-c7ccccc7)n6)c5c5c4-c4ccccc4C5(c4ccccc4)c4ccccc4)c3)n2)cc1. The number of nitrogens with zero attached hydrogens (tertiary/aromatic N) is 8. The molecule has 4 heterocycles. The summed E-state index contributed by atoms with van der Waals surface area (Å²) in [6.45, 7) is 0. The van der Waals surface area contributed by atoms with Crippen molar-refractivity contribution in [1.82, 2.24) is 39.0 Å². The van der Waals surface area contributed by atoms with Crippen molar-refractivity contribution in [1.29, 1.82) is 0 Å². The van der Waals surface area contributed by atoms with Crippen LogP contribution in [-0.4, -0.2) is 39.0 Å².